The molecule has 1 heterocycles. The first-order valence-corrected chi connectivity index (χ1v) is 7.76. The van der Waals surface area contributed by atoms with Crippen molar-refractivity contribution in [3.05, 3.63) is 33.8 Å². The largest absolute Gasteiger partial charge is 0.479 e. The fraction of sp³-hybridized carbons (Fsp3) is 0.333. The Bertz CT molecular complexity index is 745. The summed E-state index contributed by atoms with van der Waals surface area (Å²) in [5, 5.41) is 20.6. The highest BCUT2D eigenvalue weighted by atomic mass is 79.9. The number of carbonyl (C=O) groups is 4. The van der Waals surface area contributed by atoms with E-state index >= 15 is 0 Å². The summed E-state index contributed by atoms with van der Waals surface area (Å²) < 4.78 is 0.624. The number of carbonyl (C=O) groups excluding carboxylic acids is 3. The molecule has 0 fully saturated rings. The van der Waals surface area contributed by atoms with Gasteiger partial charge < -0.3 is 15.5 Å². The van der Waals surface area contributed by atoms with Crippen LogP contribution in [0.3, 0.4) is 0 Å². The molecule has 0 saturated heterocycles. The van der Waals surface area contributed by atoms with Crippen molar-refractivity contribution in [3.63, 3.8) is 0 Å². The van der Waals surface area contributed by atoms with E-state index in [9.17, 15) is 24.3 Å². The number of halogens is 1. The third-order valence-corrected chi connectivity index (χ3v) is 4.21. The SMILES string of the molecule is CC(C(=O)NCC(C)(O)C(=O)O)N1C(=O)c2ccc(Br)cc2C1=O. The van der Waals surface area contributed by atoms with Gasteiger partial charge in [-0.2, -0.15) is 0 Å². The number of rotatable bonds is 5. The quantitative estimate of drug-likeness (QED) is 0.616. The van der Waals surface area contributed by atoms with E-state index in [1.165, 1.54) is 19.1 Å². The van der Waals surface area contributed by atoms with Crippen molar-refractivity contribution >= 4 is 39.6 Å². The van der Waals surface area contributed by atoms with Crippen LogP contribution in [0.2, 0.25) is 0 Å². The number of benzene rings is 1. The number of amides is 3. The summed E-state index contributed by atoms with van der Waals surface area (Å²) in [6.07, 6.45) is 0. The molecule has 0 saturated carbocycles. The number of nitrogens with zero attached hydrogens (tertiary/aromatic N) is 1. The minimum atomic E-state index is -2.15. The Kier molecular flexibility index (Phi) is 4.77. The van der Waals surface area contributed by atoms with Gasteiger partial charge in [-0.1, -0.05) is 15.9 Å². The normalized spacial score (nSPS) is 17.2. The van der Waals surface area contributed by atoms with E-state index < -0.39 is 41.9 Å². The van der Waals surface area contributed by atoms with Gasteiger partial charge in [0, 0.05) is 4.47 Å². The highest BCUT2D eigenvalue weighted by Crippen LogP contribution is 2.27. The lowest BCUT2D eigenvalue weighted by Crippen LogP contribution is -2.52. The second kappa shape index (κ2) is 6.33. The number of aliphatic hydroxyl groups is 1. The number of hydrogen-bond donors (Lipinski definition) is 3. The van der Waals surface area contributed by atoms with E-state index in [2.05, 4.69) is 21.2 Å². The van der Waals surface area contributed by atoms with Crippen LogP contribution < -0.4 is 5.32 Å². The molecular formula is C15H15BrN2O6. The first-order valence-electron chi connectivity index (χ1n) is 6.97. The number of carboxylic acid groups (broad SMARTS) is 1. The minimum absolute atomic E-state index is 0.187. The van der Waals surface area contributed by atoms with Crippen molar-refractivity contribution in [1.82, 2.24) is 10.2 Å². The van der Waals surface area contributed by atoms with Crippen molar-refractivity contribution < 1.29 is 29.4 Å². The lowest BCUT2D eigenvalue weighted by atomic mass is 10.1. The lowest BCUT2D eigenvalue weighted by molar-refractivity contribution is -0.156. The fourth-order valence-corrected chi connectivity index (χ4v) is 2.54. The Balaban J connectivity index is 2.15. The minimum Gasteiger partial charge on any atom is -0.479 e. The zero-order valence-electron chi connectivity index (χ0n) is 12.9. The Labute approximate surface area is 145 Å². The molecule has 0 bridgehead atoms. The number of carboxylic acids is 1. The van der Waals surface area contributed by atoms with Crippen molar-refractivity contribution in [2.24, 2.45) is 0 Å². The van der Waals surface area contributed by atoms with Crippen LogP contribution >= 0.6 is 15.9 Å². The second-order valence-corrected chi connectivity index (χ2v) is 6.56. The molecule has 0 radical (unpaired) electrons. The average molecular weight is 399 g/mol. The number of hydrogen-bond acceptors (Lipinski definition) is 5. The molecule has 1 aliphatic rings. The standard InChI is InChI=1S/C15H15BrN2O6/c1-7(11(19)17-6-15(2,24)14(22)23)18-12(20)9-4-3-8(16)5-10(9)13(18)21/h3-5,7,24H,6H2,1-2H3,(H,17,19)(H,22,23). The van der Waals surface area contributed by atoms with Crippen molar-refractivity contribution in [1.29, 1.82) is 0 Å². The smallest absolute Gasteiger partial charge is 0.337 e. The topological polar surface area (TPSA) is 124 Å². The average Bonchev–Trinajstić information content (AvgIpc) is 2.75. The van der Waals surface area contributed by atoms with Crippen LogP contribution in [0.5, 0.6) is 0 Å². The fourth-order valence-electron chi connectivity index (χ4n) is 2.18. The van der Waals surface area contributed by atoms with Crippen LogP contribution in [0.4, 0.5) is 0 Å². The van der Waals surface area contributed by atoms with Gasteiger partial charge in [0.1, 0.15) is 6.04 Å². The number of fused-ring (bicyclic) bond motifs is 1. The second-order valence-electron chi connectivity index (χ2n) is 5.64. The molecule has 1 aromatic rings. The van der Waals surface area contributed by atoms with Crippen LogP contribution in [0.1, 0.15) is 34.6 Å². The summed E-state index contributed by atoms with van der Waals surface area (Å²) in [5.41, 5.74) is -1.77. The number of imide groups is 1. The molecule has 2 rings (SSSR count). The first-order chi connectivity index (χ1) is 11.1. The predicted octanol–water partition coefficient (Wildman–Crippen LogP) is 0.385. The van der Waals surface area contributed by atoms with Gasteiger partial charge in [-0.25, -0.2) is 4.79 Å². The summed E-state index contributed by atoms with van der Waals surface area (Å²) >= 11 is 3.21. The van der Waals surface area contributed by atoms with Gasteiger partial charge in [0.2, 0.25) is 5.91 Å². The maximum Gasteiger partial charge on any atom is 0.337 e. The zero-order chi connectivity index (χ0) is 18.2. The zero-order valence-corrected chi connectivity index (χ0v) is 14.5. The van der Waals surface area contributed by atoms with Gasteiger partial charge in [0.25, 0.3) is 11.8 Å². The van der Waals surface area contributed by atoms with Gasteiger partial charge in [-0.3, -0.25) is 19.3 Å². The van der Waals surface area contributed by atoms with E-state index in [1.807, 2.05) is 0 Å². The molecule has 24 heavy (non-hydrogen) atoms. The third-order valence-electron chi connectivity index (χ3n) is 3.71. The summed E-state index contributed by atoms with van der Waals surface area (Å²) in [6, 6.07) is 3.44. The predicted molar refractivity (Wildman–Crippen MR) is 85.4 cm³/mol. The third kappa shape index (κ3) is 3.17. The molecule has 128 valence electrons. The van der Waals surface area contributed by atoms with Crippen LogP contribution in [0, 0.1) is 0 Å². The van der Waals surface area contributed by atoms with Gasteiger partial charge in [0.05, 0.1) is 17.7 Å². The molecule has 3 N–H and O–H groups in total. The Hall–Kier alpha value is -2.26. The highest BCUT2D eigenvalue weighted by Gasteiger charge is 2.41. The lowest BCUT2D eigenvalue weighted by Gasteiger charge is -2.24. The summed E-state index contributed by atoms with van der Waals surface area (Å²) in [5.74, 6) is -3.45. The molecule has 0 spiro atoms. The van der Waals surface area contributed by atoms with Crippen LogP contribution in [-0.2, 0) is 9.59 Å². The Morgan fingerprint density at radius 1 is 1.29 bits per heavy atom. The molecule has 2 unspecified atom stereocenters. The van der Waals surface area contributed by atoms with Crippen molar-refractivity contribution in [3.8, 4) is 0 Å². The highest BCUT2D eigenvalue weighted by molar-refractivity contribution is 9.10. The molecule has 3 amide bonds. The molecular weight excluding hydrogens is 384 g/mol. The summed E-state index contributed by atoms with van der Waals surface area (Å²) in [6.45, 7) is 1.82. The Morgan fingerprint density at radius 3 is 2.46 bits per heavy atom. The number of aliphatic carboxylic acids is 1. The van der Waals surface area contributed by atoms with Crippen LogP contribution in [-0.4, -0.2) is 57.0 Å². The first kappa shape index (κ1) is 18.1. The molecule has 8 nitrogen and oxygen atoms in total. The van der Waals surface area contributed by atoms with Gasteiger partial charge in [0.15, 0.2) is 5.60 Å². The molecule has 9 heteroatoms. The van der Waals surface area contributed by atoms with E-state index in [0.29, 0.717) is 4.47 Å². The molecule has 1 aliphatic heterocycles. The monoisotopic (exact) mass is 398 g/mol. The molecule has 1 aromatic carbocycles. The summed E-state index contributed by atoms with van der Waals surface area (Å²) in [4.78, 5) is 48.5. The van der Waals surface area contributed by atoms with E-state index in [-0.39, 0.29) is 11.1 Å². The Morgan fingerprint density at radius 2 is 1.88 bits per heavy atom. The van der Waals surface area contributed by atoms with Crippen LogP contribution in [0.15, 0.2) is 22.7 Å². The summed E-state index contributed by atoms with van der Waals surface area (Å²) in [7, 11) is 0. The van der Waals surface area contributed by atoms with Gasteiger partial charge in [-0.15, -0.1) is 0 Å². The van der Waals surface area contributed by atoms with Crippen LogP contribution in [0.25, 0.3) is 0 Å². The molecule has 0 aromatic heterocycles. The van der Waals surface area contributed by atoms with Gasteiger partial charge in [-0.05, 0) is 32.0 Å². The van der Waals surface area contributed by atoms with E-state index in [1.54, 1.807) is 6.07 Å². The molecule has 2 atom stereocenters. The van der Waals surface area contributed by atoms with E-state index in [4.69, 9.17) is 5.11 Å². The maximum atomic E-state index is 12.4. The van der Waals surface area contributed by atoms with Crippen molar-refractivity contribution in [2.75, 3.05) is 6.54 Å². The number of nitrogens with one attached hydrogen (secondary N) is 1. The maximum absolute atomic E-state index is 12.4. The van der Waals surface area contributed by atoms with Gasteiger partial charge >= 0.3 is 5.97 Å². The molecule has 0 aliphatic carbocycles. The van der Waals surface area contributed by atoms with Crippen molar-refractivity contribution in [2.45, 2.75) is 25.5 Å². The van der Waals surface area contributed by atoms with E-state index in [0.717, 1.165) is 11.8 Å².